The van der Waals surface area contributed by atoms with Gasteiger partial charge in [0.05, 0.1) is 18.4 Å². The Balaban J connectivity index is 1.71. The SMILES string of the molecule is COc1ccccc1OC(C)C(=O)Nc1ccccc1C(=O)N1CCCCCC1. The number of anilines is 1. The standard InChI is InChI=1S/C23H28N2O4/c1-17(29-21-14-8-7-13-20(21)28-2)22(26)24-19-12-6-5-11-18(19)23(27)25-15-9-3-4-10-16-25/h5-8,11-14,17H,3-4,9-10,15-16H2,1-2H3,(H,24,26). The van der Waals surface area contributed by atoms with Crippen molar-refractivity contribution >= 4 is 17.5 Å². The van der Waals surface area contributed by atoms with E-state index in [1.165, 1.54) is 0 Å². The second-order valence-corrected chi connectivity index (χ2v) is 7.15. The largest absolute Gasteiger partial charge is 0.493 e. The molecule has 1 aliphatic rings. The van der Waals surface area contributed by atoms with Crippen LogP contribution in [0.2, 0.25) is 0 Å². The van der Waals surface area contributed by atoms with Crippen LogP contribution in [0.25, 0.3) is 0 Å². The van der Waals surface area contributed by atoms with Gasteiger partial charge in [0.25, 0.3) is 11.8 Å². The van der Waals surface area contributed by atoms with Gasteiger partial charge in [-0.3, -0.25) is 9.59 Å². The molecule has 1 fully saturated rings. The van der Waals surface area contributed by atoms with Gasteiger partial charge in [0.15, 0.2) is 17.6 Å². The first-order valence-corrected chi connectivity index (χ1v) is 10.1. The van der Waals surface area contributed by atoms with Crippen molar-refractivity contribution in [3.63, 3.8) is 0 Å². The van der Waals surface area contributed by atoms with E-state index in [1.807, 2.05) is 23.1 Å². The summed E-state index contributed by atoms with van der Waals surface area (Å²) in [5, 5.41) is 2.85. The zero-order valence-corrected chi connectivity index (χ0v) is 17.0. The summed E-state index contributed by atoms with van der Waals surface area (Å²) in [7, 11) is 1.55. The number of benzene rings is 2. The van der Waals surface area contributed by atoms with E-state index in [-0.39, 0.29) is 11.8 Å². The van der Waals surface area contributed by atoms with Crippen LogP contribution in [0.4, 0.5) is 5.69 Å². The molecule has 0 radical (unpaired) electrons. The Morgan fingerprint density at radius 3 is 2.24 bits per heavy atom. The Labute approximate surface area is 171 Å². The molecule has 154 valence electrons. The first-order chi connectivity index (χ1) is 14.1. The molecule has 2 amide bonds. The van der Waals surface area contributed by atoms with Crippen LogP contribution < -0.4 is 14.8 Å². The van der Waals surface area contributed by atoms with E-state index in [9.17, 15) is 9.59 Å². The highest BCUT2D eigenvalue weighted by atomic mass is 16.5. The molecule has 1 heterocycles. The summed E-state index contributed by atoms with van der Waals surface area (Å²) >= 11 is 0. The normalized spacial score (nSPS) is 15.2. The number of likely N-dealkylation sites (tertiary alicyclic amines) is 1. The lowest BCUT2D eigenvalue weighted by molar-refractivity contribution is -0.122. The number of carbonyl (C=O) groups excluding carboxylic acids is 2. The fraction of sp³-hybridized carbons (Fsp3) is 0.391. The maximum absolute atomic E-state index is 13.0. The molecule has 3 rings (SSSR count). The Morgan fingerprint density at radius 1 is 0.931 bits per heavy atom. The number of hydrogen-bond donors (Lipinski definition) is 1. The minimum Gasteiger partial charge on any atom is -0.493 e. The lowest BCUT2D eigenvalue weighted by Gasteiger charge is -2.22. The summed E-state index contributed by atoms with van der Waals surface area (Å²) in [6, 6.07) is 14.3. The monoisotopic (exact) mass is 396 g/mol. The molecule has 0 bridgehead atoms. The lowest BCUT2D eigenvalue weighted by atomic mass is 10.1. The number of rotatable bonds is 6. The third-order valence-electron chi connectivity index (χ3n) is 5.05. The predicted octanol–water partition coefficient (Wildman–Crippen LogP) is 4.12. The minimum atomic E-state index is -0.757. The van der Waals surface area contributed by atoms with E-state index in [0.717, 1.165) is 38.8 Å². The van der Waals surface area contributed by atoms with E-state index < -0.39 is 6.10 Å². The van der Waals surface area contributed by atoms with Gasteiger partial charge in [-0.05, 0) is 44.0 Å². The first kappa shape index (κ1) is 20.7. The molecule has 1 unspecified atom stereocenters. The molecule has 0 aliphatic carbocycles. The van der Waals surface area contributed by atoms with Crippen molar-refractivity contribution in [2.75, 3.05) is 25.5 Å². The molecule has 2 aromatic carbocycles. The van der Waals surface area contributed by atoms with Gasteiger partial charge in [-0.2, -0.15) is 0 Å². The number of para-hydroxylation sites is 3. The topological polar surface area (TPSA) is 67.9 Å². The number of methoxy groups -OCH3 is 1. The van der Waals surface area contributed by atoms with Crippen molar-refractivity contribution in [2.45, 2.75) is 38.7 Å². The van der Waals surface area contributed by atoms with E-state index in [0.29, 0.717) is 22.7 Å². The molecule has 2 aromatic rings. The van der Waals surface area contributed by atoms with Crippen molar-refractivity contribution < 1.29 is 19.1 Å². The Kier molecular flexibility index (Phi) is 7.11. The number of amides is 2. The van der Waals surface area contributed by atoms with Gasteiger partial charge < -0.3 is 19.7 Å². The van der Waals surface area contributed by atoms with Crippen molar-refractivity contribution in [1.29, 1.82) is 0 Å². The molecule has 0 spiro atoms. The third-order valence-corrected chi connectivity index (χ3v) is 5.05. The molecule has 1 atom stereocenters. The van der Waals surface area contributed by atoms with Crippen LogP contribution in [0, 0.1) is 0 Å². The number of ether oxygens (including phenoxy) is 2. The summed E-state index contributed by atoms with van der Waals surface area (Å²) in [6.07, 6.45) is 3.58. The number of carbonyl (C=O) groups is 2. The smallest absolute Gasteiger partial charge is 0.265 e. The van der Waals surface area contributed by atoms with Crippen LogP contribution in [0.3, 0.4) is 0 Å². The van der Waals surface area contributed by atoms with Crippen LogP contribution in [0.1, 0.15) is 43.0 Å². The zero-order valence-electron chi connectivity index (χ0n) is 17.0. The third kappa shape index (κ3) is 5.28. The molecule has 0 aromatic heterocycles. The molecule has 1 N–H and O–H groups in total. The van der Waals surface area contributed by atoms with Gasteiger partial charge in [0.1, 0.15) is 0 Å². The fourth-order valence-electron chi connectivity index (χ4n) is 3.42. The highest BCUT2D eigenvalue weighted by molar-refractivity contribution is 6.04. The number of nitrogens with zero attached hydrogens (tertiary/aromatic N) is 1. The summed E-state index contributed by atoms with van der Waals surface area (Å²) in [6.45, 7) is 3.18. The van der Waals surface area contributed by atoms with Crippen LogP contribution in [-0.2, 0) is 4.79 Å². The number of nitrogens with one attached hydrogen (secondary N) is 1. The maximum atomic E-state index is 13.0. The van der Waals surface area contributed by atoms with Gasteiger partial charge in [0, 0.05) is 13.1 Å². The van der Waals surface area contributed by atoms with Gasteiger partial charge in [-0.25, -0.2) is 0 Å². The zero-order chi connectivity index (χ0) is 20.6. The minimum absolute atomic E-state index is 0.0406. The van der Waals surface area contributed by atoms with Crippen LogP contribution in [0.15, 0.2) is 48.5 Å². The molecule has 0 saturated carbocycles. The van der Waals surface area contributed by atoms with Gasteiger partial charge in [-0.15, -0.1) is 0 Å². The van der Waals surface area contributed by atoms with Crippen molar-refractivity contribution in [2.24, 2.45) is 0 Å². The average Bonchev–Trinajstić information content (AvgIpc) is 3.03. The fourth-order valence-corrected chi connectivity index (χ4v) is 3.42. The molecular formula is C23H28N2O4. The molecular weight excluding hydrogens is 368 g/mol. The summed E-state index contributed by atoms with van der Waals surface area (Å²) in [5.41, 5.74) is 1.01. The summed E-state index contributed by atoms with van der Waals surface area (Å²) < 4.78 is 11.0. The molecule has 6 nitrogen and oxygen atoms in total. The highest BCUT2D eigenvalue weighted by Crippen LogP contribution is 2.27. The van der Waals surface area contributed by atoms with E-state index in [2.05, 4.69) is 5.32 Å². The summed E-state index contributed by atoms with van der Waals surface area (Å²) in [5.74, 6) is 0.684. The first-order valence-electron chi connectivity index (χ1n) is 10.1. The molecule has 1 aliphatic heterocycles. The second-order valence-electron chi connectivity index (χ2n) is 7.15. The predicted molar refractivity (Wildman–Crippen MR) is 113 cm³/mol. The average molecular weight is 396 g/mol. The highest BCUT2D eigenvalue weighted by Gasteiger charge is 2.23. The summed E-state index contributed by atoms with van der Waals surface area (Å²) in [4.78, 5) is 27.6. The Morgan fingerprint density at radius 2 is 1.55 bits per heavy atom. The van der Waals surface area contributed by atoms with Crippen molar-refractivity contribution in [3.8, 4) is 11.5 Å². The number of hydrogen-bond acceptors (Lipinski definition) is 4. The van der Waals surface area contributed by atoms with E-state index in [1.54, 1.807) is 44.4 Å². The van der Waals surface area contributed by atoms with Crippen LogP contribution >= 0.6 is 0 Å². The quantitative estimate of drug-likeness (QED) is 0.798. The lowest BCUT2D eigenvalue weighted by Crippen LogP contribution is -2.34. The van der Waals surface area contributed by atoms with Crippen molar-refractivity contribution in [3.05, 3.63) is 54.1 Å². The van der Waals surface area contributed by atoms with Crippen LogP contribution in [0.5, 0.6) is 11.5 Å². The maximum Gasteiger partial charge on any atom is 0.265 e. The Hall–Kier alpha value is -3.02. The van der Waals surface area contributed by atoms with Crippen molar-refractivity contribution in [1.82, 2.24) is 4.90 Å². The van der Waals surface area contributed by atoms with E-state index in [4.69, 9.17) is 9.47 Å². The molecule has 29 heavy (non-hydrogen) atoms. The molecule has 1 saturated heterocycles. The van der Waals surface area contributed by atoms with Gasteiger partial charge in [0.2, 0.25) is 0 Å². The van der Waals surface area contributed by atoms with E-state index >= 15 is 0 Å². The van der Waals surface area contributed by atoms with Gasteiger partial charge in [-0.1, -0.05) is 37.1 Å². The Bertz CT molecular complexity index is 844. The second kappa shape index (κ2) is 9.96. The van der Waals surface area contributed by atoms with Crippen LogP contribution in [-0.4, -0.2) is 43.0 Å². The van der Waals surface area contributed by atoms with Gasteiger partial charge >= 0.3 is 0 Å². The molecule has 6 heteroatoms.